The van der Waals surface area contributed by atoms with E-state index in [2.05, 4.69) is 10.4 Å². The van der Waals surface area contributed by atoms with Gasteiger partial charge in [0.05, 0.1) is 10.6 Å². The number of rotatable bonds is 7. The minimum Gasteiger partial charge on any atom is -0.396 e. The first-order valence-corrected chi connectivity index (χ1v) is 7.21. The zero-order valence-corrected chi connectivity index (χ0v) is 12.7. The van der Waals surface area contributed by atoms with Crippen LogP contribution < -0.4 is 5.32 Å². The van der Waals surface area contributed by atoms with Gasteiger partial charge in [-0.1, -0.05) is 6.92 Å². The number of hydrogen-bond donors (Lipinski definition) is 2. The van der Waals surface area contributed by atoms with E-state index in [1.165, 1.54) is 16.8 Å². The van der Waals surface area contributed by atoms with Gasteiger partial charge in [-0.05, 0) is 30.5 Å². The number of amides is 1. The summed E-state index contributed by atoms with van der Waals surface area (Å²) in [6.45, 7) is 2.49. The third kappa shape index (κ3) is 4.36. The third-order valence-electron chi connectivity index (χ3n) is 3.38. The van der Waals surface area contributed by atoms with Crippen LogP contribution in [-0.2, 0) is 0 Å². The van der Waals surface area contributed by atoms with Gasteiger partial charge in [-0.3, -0.25) is 14.9 Å². The molecule has 122 valence electrons. The molecule has 23 heavy (non-hydrogen) atoms. The molecule has 0 saturated carbocycles. The fourth-order valence-corrected chi connectivity index (χ4v) is 2.00. The highest BCUT2D eigenvalue weighted by Crippen LogP contribution is 2.15. The molecule has 1 amide bonds. The Labute approximate surface area is 132 Å². The van der Waals surface area contributed by atoms with Crippen molar-refractivity contribution in [3.63, 3.8) is 0 Å². The highest BCUT2D eigenvalue weighted by atomic mass is 16.6. The summed E-state index contributed by atoms with van der Waals surface area (Å²) in [4.78, 5) is 22.2. The van der Waals surface area contributed by atoms with Crippen molar-refractivity contribution in [1.29, 1.82) is 0 Å². The van der Waals surface area contributed by atoms with Gasteiger partial charge in [0.25, 0.3) is 11.6 Å². The Kier molecular flexibility index (Phi) is 5.42. The van der Waals surface area contributed by atoms with Crippen LogP contribution in [-0.4, -0.2) is 38.9 Å². The van der Waals surface area contributed by atoms with E-state index in [9.17, 15) is 14.9 Å². The summed E-state index contributed by atoms with van der Waals surface area (Å²) in [5.74, 6) is -0.115. The number of nitro benzene ring substituents is 1. The van der Waals surface area contributed by atoms with E-state index in [0.717, 1.165) is 0 Å². The number of carbonyl (C=O) groups excluding carboxylic acids is 1. The molecule has 0 fully saturated rings. The van der Waals surface area contributed by atoms with E-state index in [4.69, 9.17) is 5.11 Å². The molecule has 0 bridgehead atoms. The highest BCUT2D eigenvalue weighted by molar-refractivity contribution is 5.92. The second-order valence-electron chi connectivity index (χ2n) is 5.25. The second-order valence-corrected chi connectivity index (χ2v) is 5.25. The Morgan fingerprint density at radius 1 is 1.39 bits per heavy atom. The van der Waals surface area contributed by atoms with Crippen LogP contribution in [0.3, 0.4) is 0 Å². The SMILES string of the molecule is CC(CCO)CNC(=O)c1ccn(-c2ccc([N+](=O)[O-])cc2)n1. The van der Waals surface area contributed by atoms with Crippen molar-refractivity contribution in [2.45, 2.75) is 13.3 Å². The van der Waals surface area contributed by atoms with Gasteiger partial charge in [0.15, 0.2) is 5.69 Å². The number of aromatic nitrogens is 2. The summed E-state index contributed by atoms with van der Waals surface area (Å²) in [5, 5.41) is 26.4. The molecule has 2 N–H and O–H groups in total. The Hall–Kier alpha value is -2.74. The van der Waals surface area contributed by atoms with E-state index in [1.54, 1.807) is 24.4 Å². The summed E-state index contributed by atoms with van der Waals surface area (Å²) in [7, 11) is 0. The highest BCUT2D eigenvalue weighted by Gasteiger charge is 2.12. The normalized spacial score (nSPS) is 11.9. The minimum absolute atomic E-state index is 0.00302. The standard InChI is InChI=1S/C15H18N4O4/c1-11(7-9-20)10-16-15(21)14-6-8-18(17-14)12-2-4-13(5-3-12)19(22)23/h2-6,8,11,20H,7,9-10H2,1H3,(H,16,21). The molecular weight excluding hydrogens is 300 g/mol. The minimum atomic E-state index is -0.473. The van der Waals surface area contributed by atoms with Crippen LogP contribution >= 0.6 is 0 Å². The van der Waals surface area contributed by atoms with Crippen LogP contribution in [0.25, 0.3) is 5.69 Å². The molecule has 0 spiro atoms. The van der Waals surface area contributed by atoms with Crippen LogP contribution in [0.4, 0.5) is 5.69 Å². The topological polar surface area (TPSA) is 110 Å². The molecular formula is C15H18N4O4. The maximum absolute atomic E-state index is 12.0. The summed E-state index contributed by atoms with van der Waals surface area (Å²) in [5.41, 5.74) is 0.889. The zero-order valence-electron chi connectivity index (χ0n) is 12.7. The summed E-state index contributed by atoms with van der Waals surface area (Å²) < 4.78 is 1.48. The van der Waals surface area contributed by atoms with E-state index in [-0.39, 0.29) is 29.8 Å². The first-order chi connectivity index (χ1) is 11.0. The maximum Gasteiger partial charge on any atom is 0.271 e. The number of benzene rings is 1. The van der Waals surface area contributed by atoms with Crippen molar-refractivity contribution < 1.29 is 14.8 Å². The van der Waals surface area contributed by atoms with Gasteiger partial charge < -0.3 is 10.4 Å². The molecule has 1 unspecified atom stereocenters. The molecule has 0 aliphatic rings. The summed E-state index contributed by atoms with van der Waals surface area (Å²) in [6, 6.07) is 7.47. The number of hydrogen-bond acceptors (Lipinski definition) is 5. The monoisotopic (exact) mass is 318 g/mol. The van der Waals surface area contributed by atoms with Crippen molar-refractivity contribution >= 4 is 11.6 Å². The quantitative estimate of drug-likeness (QED) is 0.594. The Morgan fingerprint density at radius 3 is 2.70 bits per heavy atom. The Bertz CT molecular complexity index is 681. The average Bonchev–Trinajstić information content (AvgIpc) is 3.03. The molecule has 0 radical (unpaired) electrons. The lowest BCUT2D eigenvalue weighted by Crippen LogP contribution is -2.29. The molecule has 0 aliphatic heterocycles. The van der Waals surface area contributed by atoms with Crippen LogP contribution in [0, 0.1) is 16.0 Å². The lowest BCUT2D eigenvalue weighted by Gasteiger charge is -2.09. The number of carbonyl (C=O) groups is 1. The van der Waals surface area contributed by atoms with Gasteiger partial charge in [0, 0.05) is 31.5 Å². The van der Waals surface area contributed by atoms with Gasteiger partial charge in [-0.15, -0.1) is 0 Å². The van der Waals surface area contributed by atoms with Crippen molar-refractivity contribution in [3.8, 4) is 5.69 Å². The number of aliphatic hydroxyl groups excluding tert-OH is 1. The summed E-state index contributed by atoms with van der Waals surface area (Å²) in [6.07, 6.45) is 2.24. The van der Waals surface area contributed by atoms with E-state index in [0.29, 0.717) is 18.7 Å². The summed E-state index contributed by atoms with van der Waals surface area (Å²) >= 11 is 0. The first kappa shape index (κ1) is 16.6. The average molecular weight is 318 g/mol. The van der Waals surface area contributed by atoms with Gasteiger partial charge in [0.2, 0.25) is 0 Å². The molecule has 0 aliphatic carbocycles. The van der Waals surface area contributed by atoms with Crippen LogP contribution in [0.5, 0.6) is 0 Å². The molecule has 0 saturated heterocycles. The molecule has 8 heteroatoms. The molecule has 1 aromatic carbocycles. The fourth-order valence-electron chi connectivity index (χ4n) is 2.00. The van der Waals surface area contributed by atoms with Gasteiger partial charge >= 0.3 is 0 Å². The lowest BCUT2D eigenvalue weighted by molar-refractivity contribution is -0.384. The zero-order chi connectivity index (χ0) is 16.8. The Morgan fingerprint density at radius 2 is 2.09 bits per heavy atom. The van der Waals surface area contributed by atoms with E-state index < -0.39 is 4.92 Å². The predicted octanol–water partition coefficient (Wildman–Crippen LogP) is 1.53. The van der Waals surface area contributed by atoms with Gasteiger partial charge in [-0.25, -0.2) is 4.68 Å². The maximum atomic E-state index is 12.0. The molecule has 1 atom stereocenters. The van der Waals surface area contributed by atoms with Crippen LogP contribution in [0.15, 0.2) is 36.5 Å². The Balaban J connectivity index is 2.02. The smallest absolute Gasteiger partial charge is 0.271 e. The number of nitro groups is 1. The lowest BCUT2D eigenvalue weighted by atomic mass is 10.1. The van der Waals surface area contributed by atoms with Crippen molar-refractivity contribution in [1.82, 2.24) is 15.1 Å². The molecule has 8 nitrogen and oxygen atoms in total. The largest absolute Gasteiger partial charge is 0.396 e. The van der Waals surface area contributed by atoms with Crippen LogP contribution in [0.2, 0.25) is 0 Å². The molecule has 1 aromatic heterocycles. The number of aliphatic hydroxyl groups is 1. The van der Waals surface area contributed by atoms with Crippen molar-refractivity contribution in [2.24, 2.45) is 5.92 Å². The van der Waals surface area contributed by atoms with Crippen molar-refractivity contribution in [2.75, 3.05) is 13.2 Å². The molecule has 2 rings (SSSR count). The fraction of sp³-hybridized carbons (Fsp3) is 0.333. The number of non-ortho nitro benzene ring substituents is 1. The number of nitrogens with one attached hydrogen (secondary N) is 1. The predicted molar refractivity (Wildman–Crippen MR) is 83.4 cm³/mol. The van der Waals surface area contributed by atoms with E-state index >= 15 is 0 Å². The van der Waals surface area contributed by atoms with Gasteiger partial charge in [0.1, 0.15) is 0 Å². The van der Waals surface area contributed by atoms with Crippen molar-refractivity contribution in [3.05, 3.63) is 52.3 Å². The van der Waals surface area contributed by atoms with Crippen LogP contribution in [0.1, 0.15) is 23.8 Å². The first-order valence-electron chi connectivity index (χ1n) is 7.21. The number of nitrogens with zero attached hydrogens (tertiary/aromatic N) is 3. The third-order valence-corrected chi connectivity index (χ3v) is 3.38. The second kappa shape index (κ2) is 7.50. The van der Waals surface area contributed by atoms with Gasteiger partial charge in [-0.2, -0.15) is 5.10 Å². The molecule has 1 heterocycles. The molecule has 2 aromatic rings. The van der Waals surface area contributed by atoms with E-state index in [1.807, 2.05) is 6.92 Å².